The maximum atomic E-state index is 13.9. The number of halogens is 1. The highest BCUT2D eigenvalue weighted by atomic mass is 19.1. The predicted octanol–water partition coefficient (Wildman–Crippen LogP) is 3.99. The largest absolute Gasteiger partial charge is 0.350 e. The molecule has 2 heterocycles. The molecule has 132 valence electrons. The highest BCUT2D eigenvalue weighted by Gasteiger charge is 2.22. The van der Waals surface area contributed by atoms with Crippen molar-refractivity contribution in [1.29, 1.82) is 0 Å². The standard InChI is InChI=1S/C20H18FN3O2/c1-12-7-8-16(21)15-11-17(23-19(12)15)20(26)22-13-4-2-5-14(10-13)24-9-3-6-18(24)25/h2,4-5,7-8,10-11,23H,3,6,9H2,1H3,(H,22,26). The molecule has 0 bridgehead atoms. The van der Waals surface area contributed by atoms with Gasteiger partial charge in [-0.3, -0.25) is 9.59 Å². The molecular formula is C20H18FN3O2. The van der Waals surface area contributed by atoms with Crippen LogP contribution in [0.25, 0.3) is 10.9 Å². The Morgan fingerprint density at radius 1 is 1.23 bits per heavy atom. The Labute approximate surface area is 149 Å². The smallest absolute Gasteiger partial charge is 0.272 e. The lowest BCUT2D eigenvalue weighted by molar-refractivity contribution is -0.117. The van der Waals surface area contributed by atoms with E-state index >= 15 is 0 Å². The fraction of sp³-hybridized carbons (Fsp3) is 0.200. The number of nitrogens with one attached hydrogen (secondary N) is 2. The van der Waals surface area contributed by atoms with Crippen molar-refractivity contribution in [3.8, 4) is 0 Å². The van der Waals surface area contributed by atoms with Crippen LogP contribution in [0.15, 0.2) is 42.5 Å². The van der Waals surface area contributed by atoms with Gasteiger partial charge in [0.05, 0.1) is 5.52 Å². The molecule has 1 fully saturated rings. The van der Waals surface area contributed by atoms with Crippen molar-refractivity contribution in [3.05, 3.63) is 59.5 Å². The van der Waals surface area contributed by atoms with Gasteiger partial charge in [0, 0.05) is 29.7 Å². The van der Waals surface area contributed by atoms with Crippen LogP contribution in [0.3, 0.4) is 0 Å². The van der Waals surface area contributed by atoms with E-state index in [9.17, 15) is 14.0 Å². The fourth-order valence-electron chi connectivity index (χ4n) is 3.32. The number of aromatic nitrogens is 1. The lowest BCUT2D eigenvalue weighted by atomic mass is 10.1. The van der Waals surface area contributed by atoms with Crippen LogP contribution in [0.2, 0.25) is 0 Å². The molecule has 0 saturated carbocycles. The fourth-order valence-corrected chi connectivity index (χ4v) is 3.32. The second-order valence-electron chi connectivity index (χ2n) is 6.49. The summed E-state index contributed by atoms with van der Waals surface area (Å²) in [5.41, 5.74) is 3.13. The van der Waals surface area contributed by atoms with Crippen LogP contribution in [-0.2, 0) is 4.79 Å². The van der Waals surface area contributed by atoms with E-state index in [0.29, 0.717) is 29.6 Å². The number of amides is 2. The van der Waals surface area contributed by atoms with E-state index in [2.05, 4.69) is 10.3 Å². The van der Waals surface area contributed by atoms with Crippen LogP contribution in [0.5, 0.6) is 0 Å². The van der Waals surface area contributed by atoms with Gasteiger partial charge in [-0.1, -0.05) is 12.1 Å². The van der Waals surface area contributed by atoms with E-state index in [0.717, 1.165) is 17.7 Å². The minimum atomic E-state index is -0.365. The number of carbonyl (C=O) groups excluding carboxylic acids is 2. The third-order valence-electron chi connectivity index (χ3n) is 4.68. The molecule has 26 heavy (non-hydrogen) atoms. The second kappa shape index (κ2) is 6.29. The van der Waals surface area contributed by atoms with Gasteiger partial charge in [0.15, 0.2) is 0 Å². The first kappa shape index (κ1) is 16.3. The number of hydrogen-bond acceptors (Lipinski definition) is 2. The number of anilines is 2. The number of hydrogen-bond donors (Lipinski definition) is 2. The zero-order chi connectivity index (χ0) is 18.3. The summed E-state index contributed by atoms with van der Waals surface area (Å²) >= 11 is 0. The highest BCUT2D eigenvalue weighted by Crippen LogP contribution is 2.26. The Bertz CT molecular complexity index is 986. The van der Waals surface area contributed by atoms with Gasteiger partial charge in [0.2, 0.25) is 5.91 Å². The van der Waals surface area contributed by atoms with Gasteiger partial charge in [-0.05, 0) is 49.2 Å². The number of carbonyl (C=O) groups is 2. The zero-order valence-electron chi connectivity index (χ0n) is 14.3. The molecule has 2 N–H and O–H groups in total. The van der Waals surface area contributed by atoms with Crippen LogP contribution in [0.1, 0.15) is 28.9 Å². The summed E-state index contributed by atoms with van der Waals surface area (Å²) in [6.45, 7) is 2.55. The summed E-state index contributed by atoms with van der Waals surface area (Å²) in [4.78, 5) is 29.2. The van der Waals surface area contributed by atoms with Crippen molar-refractivity contribution in [2.45, 2.75) is 19.8 Å². The highest BCUT2D eigenvalue weighted by molar-refractivity contribution is 6.06. The lowest BCUT2D eigenvalue weighted by Gasteiger charge is -2.16. The quantitative estimate of drug-likeness (QED) is 0.749. The molecule has 1 aromatic heterocycles. The summed E-state index contributed by atoms with van der Waals surface area (Å²) in [6, 6.07) is 11.8. The molecule has 6 heteroatoms. The maximum absolute atomic E-state index is 13.9. The molecule has 0 spiro atoms. The molecule has 1 saturated heterocycles. The van der Waals surface area contributed by atoms with Crippen molar-refractivity contribution in [2.24, 2.45) is 0 Å². The van der Waals surface area contributed by atoms with Crippen molar-refractivity contribution >= 4 is 34.1 Å². The topological polar surface area (TPSA) is 65.2 Å². The van der Waals surface area contributed by atoms with Crippen molar-refractivity contribution in [3.63, 3.8) is 0 Å². The Hall–Kier alpha value is -3.15. The van der Waals surface area contributed by atoms with E-state index in [1.807, 2.05) is 13.0 Å². The van der Waals surface area contributed by atoms with Crippen molar-refractivity contribution in [2.75, 3.05) is 16.8 Å². The second-order valence-corrected chi connectivity index (χ2v) is 6.49. The summed E-state index contributed by atoms with van der Waals surface area (Å²) in [5, 5.41) is 3.20. The summed E-state index contributed by atoms with van der Waals surface area (Å²) in [7, 11) is 0. The molecule has 4 rings (SSSR count). The van der Waals surface area contributed by atoms with E-state index in [4.69, 9.17) is 0 Å². The number of aromatic amines is 1. The van der Waals surface area contributed by atoms with Crippen LogP contribution in [-0.4, -0.2) is 23.3 Å². The molecule has 0 radical (unpaired) electrons. The predicted molar refractivity (Wildman–Crippen MR) is 99.0 cm³/mol. The molecule has 2 aromatic carbocycles. The molecule has 5 nitrogen and oxygen atoms in total. The van der Waals surface area contributed by atoms with Crippen LogP contribution < -0.4 is 10.2 Å². The molecule has 0 unspecified atom stereocenters. The SMILES string of the molecule is Cc1ccc(F)c2cc(C(=O)Nc3cccc(N4CCCC4=O)c3)[nH]c12. The first-order chi connectivity index (χ1) is 12.5. The average Bonchev–Trinajstić information content (AvgIpc) is 3.26. The van der Waals surface area contributed by atoms with Gasteiger partial charge in [-0.2, -0.15) is 0 Å². The molecule has 2 amide bonds. The molecule has 0 atom stereocenters. The number of H-pyrrole nitrogens is 1. The number of nitrogens with zero attached hydrogens (tertiary/aromatic N) is 1. The summed E-state index contributed by atoms with van der Waals surface area (Å²) in [5.74, 6) is -0.629. The van der Waals surface area contributed by atoms with E-state index in [1.54, 1.807) is 29.2 Å². The Balaban J connectivity index is 1.60. The Morgan fingerprint density at radius 3 is 2.81 bits per heavy atom. The monoisotopic (exact) mass is 351 g/mol. The summed E-state index contributed by atoms with van der Waals surface area (Å²) < 4.78 is 13.9. The number of benzene rings is 2. The Kier molecular flexibility index (Phi) is 3.95. The molecule has 1 aliphatic heterocycles. The van der Waals surface area contributed by atoms with Gasteiger partial charge >= 0.3 is 0 Å². The third kappa shape index (κ3) is 2.83. The third-order valence-corrected chi connectivity index (χ3v) is 4.68. The zero-order valence-corrected chi connectivity index (χ0v) is 14.3. The minimum Gasteiger partial charge on any atom is -0.350 e. The van der Waals surface area contributed by atoms with E-state index in [1.165, 1.54) is 12.1 Å². The first-order valence-electron chi connectivity index (χ1n) is 8.52. The van der Waals surface area contributed by atoms with Crippen molar-refractivity contribution in [1.82, 2.24) is 4.98 Å². The minimum absolute atomic E-state index is 0.0926. The molecule has 1 aliphatic rings. The van der Waals surface area contributed by atoms with Gasteiger partial charge < -0.3 is 15.2 Å². The number of rotatable bonds is 3. The average molecular weight is 351 g/mol. The molecule has 3 aromatic rings. The van der Waals surface area contributed by atoms with Crippen molar-refractivity contribution < 1.29 is 14.0 Å². The number of aryl methyl sites for hydroxylation is 1. The van der Waals surface area contributed by atoms with Gasteiger partial charge in [0.25, 0.3) is 5.91 Å². The van der Waals surface area contributed by atoms with E-state index < -0.39 is 0 Å². The van der Waals surface area contributed by atoms with Crippen LogP contribution in [0.4, 0.5) is 15.8 Å². The van der Waals surface area contributed by atoms with Gasteiger partial charge in [-0.25, -0.2) is 4.39 Å². The van der Waals surface area contributed by atoms with Gasteiger partial charge in [0.1, 0.15) is 11.5 Å². The lowest BCUT2D eigenvalue weighted by Crippen LogP contribution is -2.23. The molecule has 0 aliphatic carbocycles. The summed E-state index contributed by atoms with van der Waals surface area (Å²) in [6.07, 6.45) is 1.39. The Morgan fingerprint density at radius 2 is 2.08 bits per heavy atom. The van der Waals surface area contributed by atoms with Gasteiger partial charge in [-0.15, -0.1) is 0 Å². The van der Waals surface area contributed by atoms with Crippen LogP contribution >= 0.6 is 0 Å². The maximum Gasteiger partial charge on any atom is 0.272 e. The van der Waals surface area contributed by atoms with E-state index in [-0.39, 0.29) is 23.3 Å². The normalized spacial score (nSPS) is 14.2. The van der Waals surface area contributed by atoms with Crippen LogP contribution in [0, 0.1) is 12.7 Å². The number of fused-ring (bicyclic) bond motifs is 1. The first-order valence-corrected chi connectivity index (χ1v) is 8.52. The molecular weight excluding hydrogens is 333 g/mol.